The lowest BCUT2D eigenvalue weighted by molar-refractivity contribution is 0.0941. The summed E-state index contributed by atoms with van der Waals surface area (Å²) < 4.78 is 16.7. The number of benzene rings is 3. The van der Waals surface area contributed by atoms with E-state index < -0.39 is 11.5 Å². The lowest BCUT2D eigenvalue weighted by atomic mass is 10.2. The van der Waals surface area contributed by atoms with Crippen molar-refractivity contribution < 1.29 is 9.18 Å². The number of fused-ring (bicyclic) bond motifs is 3. The predicted molar refractivity (Wildman–Crippen MR) is 128 cm³/mol. The molecule has 0 saturated heterocycles. The van der Waals surface area contributed by atoms with Crippen molar-refractivity contribution in [1.29, 1.82) is 0 Å². The molecule has 0 unspecified atom stereocenters. The van der Waals surface area contributed by atoms with Crippen LogP contribution in [0.1, 0.15) is 27.3 Å². The monoisotopic (exact) mass is 475 g/mol. The average Bonchev–Trinajstić information content (AvgIpc) is 3.26. The van der Waals surface area contributed by atoms with Gasteiger partial charge in [-0.15, -0.1) is 5.10 Å². The highest BCUT2D eigenvalue weighted by Crippen LogP contribution is 2.18. The van der Waals surface area contributed by atoms with Crippen molar-refractivity contribution in [3.8, 4) is 0 Å². The van der Waals surface area contributed by atoms with E-state index in [1.165, 1.54) is 21.2 Å². The SMILES string of the molecule is Cc1ccc2c(c1)n(Cc1cccc(F)c1)c(=O)c1nc(C(=O)NCc3cccc(Cl)c3)nn12. The first-order valence-corrected chi connectivity index (χ1v) is 10.9. The number of nitrogens with one attached hydrogen (secondary N) is 1. The van der Waals surface area contributed by atoms with Crippen LogP contribution in [-0.4, -0.2) is 25.1 Å². The van der Waals surface area contributed by atoms with Gasteiger partial charge >= 0.3 is 0 Å². The van der Waals surface area contributed by atoms with E-state index in [0.717, 1.165) is 11.1 Å². The second kappa shape index (κ2) is 8.72. The smallest absolute Gasteiger partial charge is 0.296 e. The second-order valence-corrected chi connectivity index (χ2v) is 8.43. The summed E-state index contributed by atoms with van der Waals surface area (Å²) in [6.07, 6.45) is 0. The zero-order valence-electron chi connectivity index (χ0n) is 18.1. The molecule has 0 bridgehead atoms. The Labute approximate surface area is 198 Å². The minimum atomic E-state index is -0.514. The van der Waals surface area contributed by atoms with E-state index in [4.69, 9.17) is 11.6 Å². The van der Waals surface area contributed by atoms with E-state index >= 15 is 0 Å². The van der Waals surface area contributed by atoms with Gasteiger partial charge in [0.2, 0.25) is 11.5 Å². The van der Waals surface area contributed by atoms with Gasteiger partial charge in [-0.25, -0.2) is 8.91 Å². The molecule has 5 rings (SSSR count). The predicted octanol–water partition coefficient (Wildman–Crippen LogP) is 4.12. The van der Waals surface area contributed by atoms with Crippen LogP contribution >= 0.6 is 11.6 Å². The van der Waals surface area contributed by atoms with Crippen LogP contribution in [0.4, 0.5) is 4.39 Å². The first-order chi connectivity index (χ1) is 16.4. The van der Waals surface area contributed by atoms with E-state index in [0.29, 0.717) is 21.6 Å². The Hall–Kier alpha value is -4.04. The summed E-state index contributed by atoms with van der Waals surface area (Å²) in [5.41, 5.74) is 3.20. The largest absolute Gasteiger partial charge is 0.345 e. The summed E-state index contributed by atoms with van der Waals surface area (Å²) in [5, 5.41) is 7.64. The highest BCUT2D eigenvalue weighted by molar-refractivity contribution is 6.30. The topological polar surface area (TPSA) is 81.3 Å². The van der Waals surface area contributed by atoms with Crippen LogP contribution in [0.25, 0.3) is 16.7 Å². The van der Waals surface area contributed by atoms with Gasteiger partial charge in [-0.1, -0.05) is 41.9 Å². The number of halogens is 2. The number of hydrogen-bond donors (Lipinski definition) is 1. The molecular weight excluding hydrogens is 457 g/mol. The van der Waals surface area contributed by atoms with Gasteiger partial charge in [-0.05, 0) is 60.0 Å². The zero-order valence-corrected chi connectivity index (χ0v) is 18.9. The fraction of sp³-hybridized carbons (Fsp3) is 0.120. The molecule has 34 heavy (non-hydrogen) atoms. The van der Waals surface area contributed by atoms with Crippen molar-refractivity contribution in [3.63, 3.8) is 0 Å². The van der Waals surface area contributed by atoms with E-state index in [2.05, 4.69) is 15.4 Å². The van der Waals surface area contributed by atoms with Gasteiger partial charge in [-0.2, -0.15) is 4.98 Å². The molecular formula is C25H19ClFN5O2. The van der Waals surface area contributed by atoms with E-state index in [1.54, 1.807) is 30.3 Å². The van der Waals surface area contributed by atoms with Crippen LogP contribution < -0.4 is 10.9 Å². The molecule has 0 atom stereocenters. The standard InChI is InChI=1S/C25H19ClFN5O2/c1-15-8-9-20-21(10-15)31(14-17-5-3-7-19(27)12-17)25(34)23-29-22(30-32(20)23)24(33)28-13-16-4-2-6-18(26)11-16/h2-12H,13-14H2,1H3,(H,28,33). The number of nitrogens with zero attached hydrogens (tertiary/aromatic N) is 4. The summed E-state index contributed by atoms with van der Waals surface area (Å²) in [4.78, 5) is 30.4. The molecule has 0 saturated carbocycles. The van der Waals surface area contributed by atoms with Gasteiger partial charge in [-0.3, -0.25) is 14.2 Å². The van der Waals surface area contributed by atoms with Crippen molar-refractivity contribution >= 4 is 34.2 Å². The second-order valence-electron chi connectivity index (χ2n) is 8.00. The maximum absolute atomic E-state index is 13.7. The van der Waals surface area contributed by atoms with E-state index in [1.807, 2.05) is 31.2 Å². The first-order valence-electron chi connectivity index (χ1n) is 10.6. The molecule has 1 amide bonds. The minimum absolute atomic E-state index is 0.0145. The molecule has 9 heteroatoms. The van der Waals surface area contributed by atoms with Gasteiger partial charge in [0.15, 0.2) is 0 Å². The average molecular weight is 476 g/mol. The lowest BCUT2D eigenvalue weighted by Crippen LogP contribution is -2.24. The third-order valence-electron chi connectivity index (χ3n) is 5.47. The number of aryl methyl sites for hydroxylation is 1. The molecule has 0 spiro atoms. The molecule has 0 aliphatic heterocycles. The number of hydrogen-bond acceptors (Lipinski definition) is 4. The van der Waals surface area contributed by atoms with Gasteiger partial charge in [0, 0.05) is 11.6 Å². The maximum Gasteiger partial charge on any atom is 0.296 e. The summed E-state index contributed by atoms with van der Waals surface area (Å²) in [6, 6.07) is 18.8. The molecule has 5 aromatic rings. The summed E-state index contributed by atoms with van der Waals surface area (Å²) in [6.45, 7) is 2.30. The molecule has 0 radical (unpaired) electrons. The van der Waals surface area contributed by atoms with Crippen molar-refractivity contribution in [2.45, 2.75) is 20.0 Å². The number of carbonyl (C=O) groups is 1. The number of amides is 1. The Morgan fingerprint density at radius 3 is 2.62 bits per heavy atom. The van der Waals surface area contributed by atoms with Crippen LogP contribution in [0.2, 0.25) is 5.02 Å². The molecule has 2 aromatic heterocycles. The Balaban J connectivity index is 1.57. The summed E-state index contributed by atoms with van der Waals surface area (Å²) in [7, 11) is 0. The van der Waals surface area contributed by atoms with Crippen LogP contribution in [0, 0.1) is 12.7 Å². The Morgan fingerprint density at radius 1 is 1.03 bits per heavy atom. The molecule has 3 aromatic carbocycles. The van der Waals surface area contributed by atoms with Crippen molar-refractivity contribution in [3.05, 3.63) is 110 Å². The third-order valence-corrected chi connectivity index (χ3v) is 5.70. The van der Waals surface area contributed by atoms with E-state index in [9.17, 15) is 14.0 Å². The fourth-order valence-corrected chi connectivity index (χ4v) is 4.07. The van der Waals surface area contributed by atoms with Crippen LogP contribution in [0.5, 0.6) is 0 Å². The highest BCUT2D eigenvalue weighted by atomic mass is 35.5. The molecule has 7 nitrogen and oxygen atoms in total. The van der Waals surface area contributed by atoms with Gasteiger partial charge in [0.25, 0.3) is 11.5 Å². The maximum atomic E-state index is 13.7. The van der Waals surface area contributed by atoms with Crippen LogP contribution in [-0.2, 0) is 13.1 Å². The Kier molecular flexibility index (Phi) is 5.59. The van der Waals surface area contributed by atoms with Crippen LogP contribution in [0.3, 0.4) is 0 Å². The minimum Gasteiger partial charge on any atom is -0.345 e. The van der Waals surface area contributed by atoms with Gasteiger partial charge in [0.1, 0.15) is 5.82 Å². The Bertz CT molecular complexity index is 1630. The van der Waals surface area contributed by atoms with Gasteiger partial charge in [0.05, 0.1) is 17.6 Å². The molecule has 0 aliphatic carbocycles. The molecule has 2 heterocycles. The normalized spacial score (nSPS) is 11.3. The summed E-state index contributed by atoms with van der Waals surface area (Å²) >= 11 is 6.00. The molecule has 170 valence electrons. The number of aromatic nitrogens is 4. The fourth-order valence-electron chi connectivity index (χ4n) is 3.86. The van der Waals surface area contributed by atoms with Crippen molar-refractivity contribution in [2.75, 3.05) is 0 Å². The Morgan fingerprint density at radius 2 is 1.82 bits per heavy atom. The highest BCUT2D eigenvalue weighted by Gasteiger charge is 2.19. The van der Waals surface area contributed by atoms with Gasteiger partial charge < -0.3 is 5.32 Å². The summed E-state index contributed by atoms with van der Waals surface area (Å²) in [5.74, 6) is -1.02. The quantitative estimate of drug-likeness (QED) is 0.414. The van der Waals surface area contributed by atoms with E-state index in [-0.39, 0.29) is 30.4 Å². The zero-order chi connectivity index (χ0) is 23.8. The van der Waals surface area contributed by atoms with Crippen molar-refractivity contribution in [2.24, 2.45) is 0 Å². The first kappa shape index (κ1) is 21.8. The molecule has 0 aliphatic rings. The van der Waals surface area contributed by atoms with Crippen molar-refractivity contribution in [1.82, 2.24) is 24.5 Å². The number of carbonyl (C=O) groups excluding carboxylic acids is 1. The number of rotatable bonds is 5. The molecule has 0 fully saturated rings. The van der Waals surface area contributed by atoms with Crippen LogP contribution in [0.15, 0.2) is 71.5 Å². The molecule has 1 N–H and O–H groups in total. The lowest BCUT2D eigenvalue weighted by Gasteiger charge is -2.12. The third kappa shape index (κ3) is 4.15.